The van der Waals surface area contributed by atoms with Gasteiger partial charge in [-0.15, -0.1) is 22.9 Å². The van der Waals surface area contributed by atoms with Gasteiger partial charge in [0.2, 0.25) is 0 Å². The van der Waals surface area contributed by atoms with Crippen molar-refractivity contribution in [1.82, 2.24) is 9.78 Å². The second-order valence-electron chi connectivity index (χ2n) is 5.08. The Balaban J connectivity index is 1.96. The molecule has 0 spiro atoms. The van der Waals surface area contributed by atoms with Crippen molar-refractivity contribution in [2.45, 2.75) is 38.2 Å². The van der Waals surface area contributed by atoms with E-state index in [9.17, 15) is 0 Å². The zero-order valence-electron chi connectivity index (χ0n) is 11.3. The third-order valence-corrected chi connectivity index (χ3v) is 4.74. The van der Waals surface area contributed by atoms with Gasteiger partial charge in [-0.3, -0.25) is 4.68 Å². The van der Waals surface area contributed by atoms with Crippen molar-refractivity contribution in [3.05, 3.63) is 33.6 Å². The van der Waals surface area contributed by atoms with Crippen molar-refractivity contribution in [2.75, 3.05) is 4.90 Å². The van der Waals surface area contributed by atoms with E-state index in [1.54, 1.807) is 0 Å². The Morgan fingerprint density at radius 3 is 2.89 bits per heavy atom. The third-order valence-electron chi connectivity index (χ3n) is 3.61. The van der Waals surface area contributed by atoms with Crippen LogP contribution in [0, 0.1) is 6.92 Å². The average molecular weight is 296 g/mol. The van der Waals surface area contributed by atoms with Crippen LogP contribution >= 0.6 is 22.9 Å². The molecule has 3 nitrogen and oxygen atoms in total. The molecule has 0 unspecified atom stereocenters. The molecule has 1 saturated carbocycles. The molecule has 2 aromatic rings. The number of aryl methyl sites for hydroxylation is 2. The maximum absolute atomic E-state index is 6.12. The molecule has 1 aliphatic carbocycles. The summed E-state index contributed by atoms with van der Waals surface area (Å²) in [5, 5.41) is 6.67. The molecule has 0 atom stereocenters. The molecule has 0 bridgehead atoms. The van der Waals surface area contributed by atoms with Crippen LogP contribution in [0.2, 0.25) is 0 Å². The first-order valence-corrected chi connectivity index (χ1v) is 7.99. The number of aromatic nitrogens is 2. The minimum atomic E-state index is 0.530. The van der Waals surface area contributed by atoms with Crippen LogP contribution in [-0.4, -0.2) is 15.8 Å². The van der Waals surface area contributed by atoms with Gasteiger partial charge in [-0.2, -0.15) is 5.10 Å². The Bertz CT molecular complexity index is 558. The molecule has 0 amide bonds. The lowest BCUT2D eigenvalue weighted by atomic mass is 10.2. The van der Waals surface area contributed by atoms with E-state index in [1.165, 1.54) is 29.1 Å². The van der Waals surface area contributed by atoms with E-state index < -0.39 is 0 Å². The molecule has 1 fully saturated rings. The van der Waals surface area contributed by atoms with Crippen LogP contribution in [0.15, 0.2) is 17.5 Å². The second kappa shape index (κ2) is 5.17. The zero-order valence-corrected chi connectivity index (χ0v) is 12.8. The summed E-state index contributed by atoms with van der Waals surface area (Å²) < 4.78 is 1.99. The lowest BCUT2D eigenvalue weighted by Gasteiger charge is -2.25. The van der Waals surface area contributed by atoms with Gasteiger partial charge in [0.1, 0.15) is 5.82 Å². The third kappa shape index (κ3) is 2.51. The van der Waals surface area contributed by atoms with E-state index >= 15 is 0 Å². The summed E-state index contributed by atoms with van der Waals surface area (Å²) in [4.78, 5) is 3.87. The van der Waals surface area contributed by atoms with E-state index in [-0.39, 0.29) is 0 Å². The van der Waals surface area contributed by atoms with Gasteiger partial charge in [-0.1, -0.05) is 6.07 Å². The lowest BCUT2D eigenvalue weighted by molar-refractivity contribution is 0.693. The van der Waals surface area contributed by atoms with Crippen molar-refractivity contribution in [2.24, 2.45) is 7.05 Å². The molecule has 0 radical (unpaired) electrons. The SMILES string of the molecule is Cc1nn(C)c(N(Cc2cccs2)C2CC2)c1CCl. The van der Waals surface area contributed by atoms with Crippen molar-refractivity contribution < 1.29 is 0 Å². The van der Waals surface area contributed by atoms with Gasteiger partial charge in [0, 0.05) is 23.5 Å². The fraction of sp³-hybridized carbons (Fsp3) is 0.500. The van der Waals surface area contributed by atoms with Gasteiger partial charge in [-0.05, 0) is 31.2 Å². The first-order valence-electron chi connectivity index (χ1n) is 6.58. The number of hydrogen-bond donors (Lipinski definition) is 0. The summed E-state index contributed by atoms with van der Waals surface area (Å²) in [6, 6.07) is 4.96. The first-order chi connectivity index (χ1) is 9.20. The number of alkyl halides is 1. The summed E-state index contributed by atoms with van der Waals surface area (Å²) in [5.74, 6) is 1.73. The highest BCUT2D eigenvalue weighted by atomic mass is 35.5. The topological polar surface area (TPSA) is 21.1 Å². The molecule has 2 aromatic heterocycles. The first kappa shape index (κ1) is 13.0. The summed E-state index contributed by atoms with van der Waals surface area (Å²) in [7, 11) is 2.02. The maximum atomic E-state index is 6.12. The van der Waals surface area contributed by atoms with Crippen molar-refractivity contribution in [3.8, 4) is 0 Å². The van der Waals surface area contributed by atoms with Gasteiger partial charge in [0.15, 0.2) is 0 Å². The monoisotopic (exact) mass is 295 g/mol. The van der Waals surface area contributed by atoms with Gasteiger partial charge >= 0.3 is 0 Å². The van der Waals surface area contributed by atoms with Gasteiger partial charge in [0.25, 0.3) is 0 Å². The van der Waals surface area contributed by atoms with Crippen LogP contribution in [0.4, 0.5) is 5.82 Å². The van der Waals surface area contributed by atoms with Crippen LogP contribution in [0.25, 0.3) is 0 Å². The smallest absolute Gasteiger partial charge is 0.131 e. The number of rotatable bonds is 5. The van der Waals surface area contributed by atoms with Crippen LogP contribution < -0.4 is 4.90 Å². The molecule has 0 aliphatic heterocycles. The fourth-order valence-corrected chi connectivity index (χ4v) is 3.55. The predicted octanol–water partition coefficient (Wildman–Crippen LogP) is 3.70. The summed E-state index contributed by atoms with van der Waals surface area (Å²) in [6.45, 7) is 3.00. The largest absolute Gasteiger partial charge is 0.348 e. The maximum Gasteiger partial charge on any atom is 0.131 e. The average Bonchev–Trinajstić information content (AvgIpc) is 3.02. The Kier molecular flexibility index (Phi) is 3.54. The van der Waals surface area contributed by atoms with Crippen LogP contribution in [0.5, 0.6) is 0 Å². The lowest BCUT2D eigenvalue weighted by Crippen LogP contribution is -2.27. The van der Waals surface area contributed by atoms with Gasteiger partial charge in [0.05, 0.1) is 18.1 Å². The molecule has 2 heterocycles. The van der Waals surface area contributed by atoms with Crippen LogP contribution in [0.1, 0.15) is 29.0 Å². The molecule has 102 valence electrons. The van der Waals surface area contributed by atoms with E-state index in [4.69, 9.17) is 11.6 Å². The van der Waals surface area contributed by atoms with Gasteiger partial charge in [-0.25, -0.2) is 0 Å². The Morgan fingerprint density at radius 1 is 1.53 bits per heavy atom. The van der Waals surface area contributed by atoms with E-state index in [0.717, 1.165) is 12.2 Å². The Hall–Kier alpha value is -1.00. The summed E-state index contributed by atoms with van der Waals surface area (Å²) in [6.07, 6.45) is 2.55. The molecular formula is C14H18ClN3S. The molecule has 5 heteroatoms. The number of hydrogen-bond acceptors (Lipinski definition) is 3. The van der Waals surface area contributed by atoms with E-state index in [1.807, 2.05) is 30.0 Å². The number of anilines is 1. The molecule has 19 heavy (non-hydrogen) atoms. The molecule has 1 aliphatic rings. The van der Waals surface area contributed by atoms with Crippen LogP contribution in [-0.2, 0) is 19.5 Å². The Labute approximate surface area is 122 Å². The molecule has 3 rings (SSSR count). The standard InChI is InChI=1S/C14H18ClN3S/c1-10-13(8-15)14(17(2)16-10)18(11-5-6-11)9-12-4-3-7-19-12/h3-4,7,11H,5-6,8-9H2,1-2H3. The molecule has 0 saturated heterocycles. The molecular weight excluding hydrogens is 278 g/mol. The predicted molar refractivity (Wildman–Crippen MR) is 81.0 cm³/mol. The van der Waals surface area contributed by atoms with Crippen molar-refractivity contribution in [3.63, 3.8) is 0 Å². The van der Waals surface area contributed by atoms with E-state index in [2.05, 4.69) is 27.5 Å². The van der Waals surface area contributed by atoms with Crippen LogP contribution in [0.3, 0.4) is 0 Å². The quantitative estimate of drug-likeness (QED) is 0.784. The normalized spacial score (nSPS) is 14.9. The fourth-order valence-electron chi connectivity index (χ4n) is 2.54. The van der Waals surface area contributed by atoms with E-state index in [0.29, 0.717) is 11.9 Å². The van der Waals surface area contributed by atoms with Crippen molar-refractivity contribution >= 4 is 28.8 Å². The molecule has 0 N–H and O–H groups in total. The molecule has 0 aromatic carbocycles. The highest BCUT2D eigenvalue weighted by Crippen LogP contribution is 2.36. The Morgan fingerprint density at radius 2 is 2.32 bits per heavy atom. The van der Waals surface area contributed by atoms with Gasteiger partial charge < -0.3 is 4.90 Å². The number of thiophene rings is 1. The second-order valence-corrected chi connectivity index (χ2v) is 6.38. The number of nitrogens with zero attached hydrogens (tertiary/aromatic N) is 3. The highest BCUT2D eigenvalue weighted by Gasteiger charge is 2.33. The highest BCUT2D eigenvalue weighted by molar-refractivity contribution is 7.09. The number of halogens is 1. The summed E-state index contributed by atoms with van der Waals surface area (Å²) >= 11 is 7.94. The van der Waals surface area contributed by atoms with Crippen molar-refractivity contribution in [1.29, 1.82) is 0 Å². The minimum absolute atomic E-state index is 0.530. The summed E-state index contributed by atoms with van der Waals surface area (Å²) in [5.41, 5.74) is 2.22. The minimum Gasteiger partial charge on any atom is -0.348 e. The zero-order chi connectivity index (χ0) is 13.4.